The van der Waals surface area contributed by atoms with Gasteiger partial charge in [-0.1, -0.05) is 166 Å². The molecule has 0 N–H and O–H groups in total. The maximum atomic E-state index is 4.26. The van der Waals surface area contributed by atoms with Gasteiger partial charge < -0.3 is 4.90 Å². The first-order valence-electron chi connectivity index (χ1n) is 21.4. The van der Waals surface area contributed by atoms with Crippen LogP contribution in [-0.2, 0) is 6.42 Å². The van der Waals surface area contributed by atoms with E-state index in [1.807, 2.05) is 31.3 Å². The van der Waals surface area contributed by atoms with Crippen molar-refractivity contribution in [2.75, 3.05) is 4.90 Å². The molecule has 1 nitrogen and oxygen atoms in total. The standard InChI is InChI=1S/C57H41NS.C2H6/c1-4-14-50-44(5-2)45-18-11-19-46(36(45)3)56-49(20-12-21-51(50)56)39-27-31-47-40(33-39)34-41-35-43(30-32-48(41)47)58(42-28-25-38(26-29-42)37-15-7-6-8-16-37)53-22-13-24-55-57(53)52-17-9-10-23-54(52)59-55;1-2/h4-33,35H,2,34H2,1,3H3;1-2H3/b14-4-;. The Labute approximate surface area is 363 Å². The van der Waals surface area contributed by atoms with Crippen LogP contribution in [0.5, 0.6) is 0 Å². The molecule has 11 rings (SSSR count). The third-order valence-electron chi connectivity index (χ3n) is 12.4. The van der Waals surface area contributed by atoms with E-state index in [2.05, 4.69) is 207 Å². The maximum absolute atomic E-state index is 4.26. The molecule has 294 valence electrons. The van der Waals surface area contributed by atoms with E-state index in [4.69, 9.17) is 0 Å². The second-order valence-electron chi connectivity index (χ2n) is 15.6. The van der Waals surface area contributed by atoms with Crippen LogP contribution in [0.4, 0.5) is 17.1 Å². The third kappa shape index (κ3) is 6.38. The molecule has 0 amide bonds. The van der Waals surface area contributed by atoms with Crippen molar-refractivity contribution in [3.63, 3.8) is 0 Å². The first-order valence-corrected chi connectivity index (χ1v) is 22.3. The summed E-state index contributed by atoms with van der Waals surface area (Å²) in [6.07, 6.45) is 7.29. The zero-order valence-corrected chi connectivity index (χ0v) is 36.0. The lowest BCUT2D eigenvalue weighted by Gasteiger charge is -2.27. The van der Waals surface area contributed by atoms with E-state index in [0.29, 0.717) is 0 Å². The van der Waals surface area contributed by atoms with E-state index in [1.54, 1.807) is 0 Å². The van der Waals surface area contributed by atoms with Crippen LogP contribution < -0.4 is 4.90 Å². The van der Waals surface area contributed by atoms with Crippen molar-refractivity contribution in [3.05, 3.63) is 222 Å². The Kier molecular flexibility index (Phi) is 9.95. The first kappa shape index (κ1) is 38.2. The highest BCUT2D eigenvalue weighted by Crippen LogP contribution is 2.50. The highest BCUT2D eigenvalue weighted by Gasteiger charge is 2.26. The quantitative estimate of drug-likeness (QED) is 0.155. The number of rotatable bonds is 7. The first-order chi connectivity index (χ1) is 30.1. The molecule has 1 heterocycles. The van der Waals surface area contributed by atoms with Crippen LogP contribution in [-0.4, -0.2) is 0 Å². The molecular formula is C59H47NS. The number of hydrogen-bond acceptors (Lipinski definition) is 2. The molecule has 2 aliphatic carbocycles. The van der Waals surface area contributed by atoms with Crippen molar-refractivity contribution < 1.29 is 0 Å². The Morgan fingerprint density at radius 1 is 0.525 bits per heavy atom. The van der Waals surface area contributed by atoms with Crippen LogP contribution in [0.2, 0.25) is 0 Å². The van der Waals surface area contributed by atoms with Crippen molar-refractivity contribution in [1.29, 1.82) is 0 Å². The van der Waals surface area contributed by atoms with Gasteiger partial charge in [0.15, 0.2) is 0 Å². The normalized spacial score (nSPS) is 12.5. The molecule has 0 atom stereocenters. The van der Waals surface area contributed by atoms with Crippen molar-refractivity contribution in [1.82, 2.24) is 0 Å². The van der Waals surface area contributed by atoms with E-state index in [9.17, 15) is 0 Å². The van der Waals surface area contributed by atoms with Gasteiger partial charge in [0.05, 0.1) is 5.69 Å². The molecule has 2 bridgehead atoms. The topological polar surface area (TPSA) is 3.24 Å². The summed E-state index contributed by atoms with van der Waals surface area (Å²) >= 11 is 1.87. The molecule has 2 heteroatoms. The highest BCUT2D eigenvalue weighted by atomic mass is 32.1. The van der Waals surface area contributed by atoms with Gasteiger partial charge in [0.1, 0.15) is 0 Å². The molecule has 2 aliphatic rings. The van der Waals surface area contributed by atoms with Gasteiger partial charge in [-0.2, -0.15) is 0 Å². The van der Waals surface area contributed by atoms with Gasteiger partial charge in [-0.25, -0.2) is 0 Å². The van der Waals surface area contributed by atoms with Crippen LogP contribution in [0.25, 0.3) is 75.8 Å². The maximum Gasteiger partial charge on any atom is 0.0554 e. The number of fused-ring (bicyclic) bond motifs is 10. The van der Waals surface area contributed by atoms with E-state index < -0.39 is 0 Å². The van der Waals surface area contributed by atoms with Gasteiger partial charge in [0.25, 0.3) is 0 Å². The summed E-state index contributed by atoms with van der Waals surface area (Å²) in [6, 6.07) is 63.0. The minimum absolute atomic E-state index is 0.882. The number of nitrogens with zero attached hydrogens (tertiary/aromatic N) is 1. The SMILES string of the molecule is C=CC1=C(/C=C\C)c2cccc(-c3ccc4c(c3)Cc3cc(N(c5ccc(-c6ccccc6)cc5)c5cccc6sc7ccccc7c56)ccc3-4)c2-c2cccc1c2C.CC. The summed E-state index contributed by atoms with van der Waals surface area (Å²) < 4.78 is 2.60. The Morgan fingerprint density at radius 2 is 1.15 bits per heavy atom. The summed E-state index contributed by atoms with van der Waals surface area (Å²) in [6.45, 7) is 12.6. The molecule has 0 fully saturated rings. The van der Waals surface area contributed by atoms with Gasteiger partial charge in [0, 0.05) is 31.5 Å². The smallest absolute Gasteiger partial charge is 0.0554 e. The van der Waals surface area contributed by atoms with E-state index in [1.165, 1.54) is 109 Å². The van der Waals surface area contributed by atoms with Crippen molar-refractivity contribution >= 4 is 59.7 Å². The average Bonchev–Trinajstić information content (AvgIpc) is 3.88. The average molecular weight is 802 g/mol. The molecule has 0 saturated heterocycles. The molecular weight excluding hydrogens is 755 g/mol. The summed E-state index contributed by atoms with van der Waals surface area (Å²) in [5.74, 6) is 0. The summed E-state index contributed by atoms with van der Waals surface area (Å²) in [4.78, 5) is 2.47. The predicted octanol–water partition coefficient (Wildman–Crippen LogP) is 17.4. The van der Waals surface area contributed by atoms with Crippen LogP contribution in [0.3, 0.4) is 0 Å². The lowest BCUT2D eigenvalue weighted by atomic mass is 9.86. The number of allylic oxidation sites excluding steroid dienone is 5. The van der Waals surface area contributed by atoms with E-state index in [0.717, 1.165) is 17.8 Å². The second kappa shape index (κ2) is 15.9. The van der Waals surface area contributed by atoms with Crippen LogP contribution in [0.15, 0.2) is 195 Å². The molecule has 0 aliphatic heterocycles. The van der Waals surface area contributed by atoms with E-state index in [-0.39, 0.29) is 0 Å². The van der Waals surface area contributed by atoms with Crippen LogP contribution in [0, 0.1) is 6.92 Å². The highest BCUT2D eigenvalue weighted by molar-refractivity contribution is 7.26. The lowest BCUT2D eigenvalue weighted by Crippen LogP contribution is -2.10. The number of anilines is 3. The third-order valence-corrected chi connectivity index (χ3v) is 13.5. The zero-order chi connectivity index (χ0) is 41.6. The molecule has 9 aromatic rings. The Balaban J connectivity index is 0.00000220. The largest absolute Gasteiger partial charge is 0.310 e. The molecule has 0 spiro atoms. The fourth-order valence-corrected chi connectivity index (χ4v) is 10.8. The Morgan fingerprint density at radius 3 is 1.93 bits per heavy atom. The lowest BCUT2D eigenvalue weighted by molar-refractivity contribution is 1.24. The van der Waals surface area contributed by atoms with Crippen molar-refractivity contribution in [3.8, 4) is 44.5 Å². The summed E-state index contributed by atoms with van der Waals surface area (Å²) in [7, 11) is 0. The molecule has 0 unspecified atom stereocenters. The zero-order valence-electron chi connectivity index (χ0n) is 35.2. The van der Waals surface area contributed by atoms with Gasteiger partial charge in [-0.05, 0) is 146 Å². The molecule has 0 radical (unpaired) electrons. The van der Waals surface area contributed by atoms with Gasteiger partial charge in [0.2, 0.25) is 0 Å². The van der Waals surface area contributed by atoms with Crippen molar-refractivity contribution in [2.45, 2.75) is 34.1 Å². The number of benzene rings is 8. The van der Waals surface area contributed by atoms with Gasteiger partial charge >= 0.3 is 0 Å². The molecule has 8 aromatic carbocycles. The molecule has 0 saturated carbocycles. The number of hydrogen-bond donors (Lipinski definition) is 0. The fraction of sp³-hybridized carbons (Fsp3) is 0.0847. The van der Waals surface area contributed by atoms with Gasteiger partial charge in [-0.15, -0.1) is 11.3 Å². The molecule has 1 aromatic heterocycles. The van der Waals surface area contributed by atoms with Gasteiger partial charge in [-0.3, -0.25) is 0 Å². The minimum atomic E-state index is 0.882. The predicted molar refractivity (Wildman–Crippen MR) is 266 cm³/mol. The summed E-state index contributed by atoms with van der Waals surface area (Å²) in [5, 5.41) is 2.59. The van der Waals surface area contributed by atoms with Crippen molar-refractivity contribution in [2.24, 2.45) is 0 Å². The van der Waals surface area contributed by atoms with Crippen LogP contribution in [0.1, 0.15) is 48.6 Å². The van der Waals surface area contributed by atoms with E-state index >= 15 is 0 Å². The fourth-order valence-electron chi connectivity index (χ4n) is 9.67. The Bertz CT molecular complexity index is 3210. The Hall–Kier alpha value is -7.00. The minimum Gasteiger partial charge on any atom is -0.310 e. The second-order valence-corrected chi connectivity index (χ2v) is 16.7. The number of thiophene rings is 1. The summed E-state index contributed by atoms with van der Waals surface area (Å²) in [5.41, 5.74) is 22.6. The monoisotopic (exact) mass is 801 g/mol. The van der Waals surface area contributed by atoms with Crippen LogP contribution >= 0.6 is 11.3 Å². The molecule has 61 heavy (non-hydrogen) atoms.